The minimum atomic E-state index is -0.399. The van der Waals surface area contributed by atoms with E-state index >= 15 is 0 Å². The monoisotopic (exact) mass is 291 g/mol. The molecule has 0 radical (unpaired) electrons. The summed E-state index contributed by atoms with van der Waals surface area (Å²) in [6.07, 6.45) is -0.399. The molecule has 2 aliphatic rings. The van der Waals surface area contributed by atoms with E-state index in [4.69, 9.17) is 14.2 Å². The van der Waals surface area contributed by atoms with Crippen molar-refractivity contribution < 1.29 is 19.0 Å². The molecule has 0 aromatic heterocycles. The Morgan fingerprint density at radius 3 is 2.71 bits per heavy atom. The van der Waals surface area contributed by atoms with Crippen molar-refractivity contribution in [1.29, 1.82) is 0 Å². The predicted molar refractivity (Wildman–Crippen MR) is 78.2 cm³/mol. The van der Waals surface area contributed by atoms with Crippen LogP contribution in [0.3, 0.4) is 0 Å². The van der Waals surface area contributed by atoms with Gasteiger partial charge < -0.3 is 14.2 Å². The first kappa shape index (κ1) is 14.4. The number of hydrogen-bond donors (Lipinski definition) is 0. The number of Topliss-reactive ketones (excluding diaryl/α,β-unsaturated/α-hetero) is 1. The summed E-state index contributed by atoms with van der Waals surface area (Å²) in [5.74, 6) is 1.35. The third-order valence-corrected chi connectivity index (χ3v) is 3.95. The maximum Gasteiger partial charge on any atom is 0.193 e. The summed E-state index contributed by atoms with van der Waals surface area (Å²) >= 11 is 0. The summed E-state index contributed by atoms with van der Waals surface area (Å²) in [7, 11) is 0. The van der Waals surface area contributed by atoms with E-state index in [9.17, 15) is 4.79 Å². The fraction of sp³-hybridized carbons (Fsp3) is 0.562. The van der Waals surface area contributed by atoms with Gasteiger partial charge in [-0.1, -0.05) is 0 Å². The molecule has 114 valence electrons. The van der Waals surface area contributed by atoms with Crippen molar-refractivity contribution >= 4 is 5.78 Å². The van der Waals surface area contributed by atoms with Gasteiger partial charge in [0.15, 0.2) is 17.3 Å². The Balaban J connectivity index is 1.75. The van der Waals surface area contributed by atoms with Gasteiger partial charge in [-0.25, -0.2) is 0 Å². The molecule has 0 N–H and O–H groups in total. The highest BCUT2D eigenvalue weighted by Crippen LogP contribution is 2.31. The van der Waals surface area contributed by atoms with Gasteiger partial charge in [0.2, 0.25) is 0 Å². The second-order valence-electron chi connectivity index (χ2n) is 5.67. The Hall–Kier alpha value is -1.59. The van der Waals surface area contributed by atoms with Crippen LogP contribution in [-0.2, 0) is 4.74 Å². The molecule has 0 bridgehead atoms. The SMILES string of the molecule is CC(C)N1CCOC(C(=O)c2ccc3c(c2)OCCO3)C1. The fourth-order valence-electron chi connectivity index (χ4n) is 2.68. The van der Waals surface area contributed by atoms with E-state index in [-0.39, 0.29) is 5.78 Å². The Morgan fingerprint density at radius 1 is 1.19 bits per heavy atom. The fourth-order valence-corrected chi connectivity index (χ4v) is 2.68. The number of morpholine rings is 1. The standard InChI is InChI=1S/C16H21NO4/c1-11(2)17-5-6-19-15(10-17)16(18)12-3-4-13-14(9-12)21-8-7-20-13/h3-4,9,11,15H,5-8,10H2,1-2H3. The number of ether oxygens (including phenoxy) is 3. The first-order valence-corrected chi connectivity index (χ1v) is 7.44. The van der Waals surface area contributed by atoms with Gasteiger partial charge in [-0.2, -0.15) is 0 Å². The predicted octanol–water partition coefficient (Wildman–Crippen LogP) is 1.75. The molecule has 1 aromatic carbocycles. The molecule has 0 saturated carbocycles. The van der Waals surface area contributed by atoms with Crippen LogP contribution < -0.4 is 9.47 Å². The van der Waals surface area contributed by atoms with Gasteiger partial charge in [0, 0.05) is 24.7 Å². The molecule has 21 heavy (non-hydrogen) atoms. The molecule has 0 spiro atoms. The second kappa shape index (κ2) is 6.03. The van der Waals surface area contributed by atoms with Crippen LogP contribution in [0.1, 0.15) is 24.2 Å². The lowest BCUT2D eigenvalue weighted by Crippen LogP contribution is -2.48. The summed E-state index contributed by atoms with van der Waals surface area (Å²) in [6, 6.07) is 5.76. The summed E-state index contributed by atoms with van der Waals surface area (Å²) in [5.41, 5.74) is 0.620. The van der Waals surface area contributed by atoms with Crippen LogP contribution in [0.4, 0.5) is 0 Å². The summed E-state index contributed by atoms with van der Waals surface area (Å²) in [5, 5.41) is 0. The Kier molecular flexibility index (Phi) is 4.12. The second-order valence-corrected chi connectivity index (χ2v) is 5.67. The third kappa shape index (κ3) is 3.04. The maximum absolute atomic E-state index is 12.6. The van der Waals surface area contributed by atoms with E-state index in [1.165, 1.54) is 0 Å². The van der Waals surface area contributed by atoms with Gasteiger partial charge >= 0.3 is 0 Å². The topological polar surface area (TPSA) is 48.0 Å². The van der Waals surface area contributed by atoms with E-state index < -0.39 is 6.10 Å². The van der Waals surface area contributed by atoms with Crippen LogP contribution in [0.15, 0.2) is 18.2 Å². The van der Waals surface area contributed by atoms with Crippen molar-refractivity contribution in [1.82, 2.24) is 4.90 Å². The molecule has 5 nitrogen and oxygen atoms in total. The van der Waals surface area contributed by atoms with E-state index in [1.807, 2.05) is 0 Å². The molecule has 0 amide bonds. The van der Waals surface area contributed by atoms with Crippen molar-refractivity contribution in [2.45, 2.75) is 26.0 Å². The number of ketones is 1. The highest BCUT2D eigenvalue weighted by atomic mass is 16.6. The number of carbonyl (C=O) groups is 1. The molecule has 0 aliphatic carbocycles. The van der Waals surface area contributed by atoms with E-state index in [0.717, 1.165) is 6.54 Å². The largest absolute Gasteiger partial charge is 0.486 e. The molecule has 1 unspecified atom stereocenters. The van der Waals surface area contributed by atoms with E-state index in [0.29, 0.717) is 49.5 Å². The van der Waals surface area contributed by atoms with Gasteiger partial charge in [0.05, 0.1) is 6.61 Å². The molecule has 1 fully saturated rings. The number of carbonyl (C=O) groups excluding carboxylic acids is 1. The average Bonchev–Trinajstić information content (AvgIpc) is 2.53. The van der Waals surface area contributed by atoms with Gasteiger partial charge in [-0.15, -0.1) is 0 Å². The van der Waals surface area contributed by atoms with Gasteiger partial charge in [-0.05, 0) is 32.0 Å². The summed E-state index contributed by atoms with van der Waals surface area (Å²) in [6.45, 7) is 7.46. The van der Waals surface area contributed by atoms with Crippen LogP contribution >= 0.6 is 0 Å². The van der Waals surface area contributed by atoms with Crippen molar-refractivity contribution in [3.8, 4) is 11.5 Å². The first-order valence-electron chi connectivity index (χ1n) is 7.44. The minimum Gasteiger partial charge on any atom is -0.486 e. The van der Waals surface area contributed by atoms with Crippen molar-refractivity contribution in [3.05, 3.63) is 23.8 Å². The molecule has 3 rings (SSSR count). The lowest BCUT2D eigenvalue weighted by atomic mass is 10.0. The summed E-state index contributed by atoms with van der Waals surface area (Å²) < 4.78 is 16.7. The number of fused-ring (bicyclic) bond motifs is 1. The average molecular weight is 291 g/mol. The molecule has 1 aromatic rings. The van der Waals surface area contributed by atoms with Crippen LogP contribution in [-0.4, -0.2) is 55.7 Å². The van der Waals surface area contributed by atoms with E-state index in [1.54, 1.807) is 18.2 Å². The molecule has 1 saturated heterocycles. The zero-order chi connectivity index (χ0) is 14.8. The number of benzene rings is 1. The van der Waals surface area contributed by atoms with Crippen molar-refractivity contribution in [2.75, 3.05) is 32.9 Å². The zero-order valence-electron chi connectivity index (χ0n) is 12.5. The lowest BCUT2D eigenvalue weighted by molar-refractivity contribution is -0.0256. The van der Waals surface area contributed by atoms with Crippen molar-refractivity contribution in [2.24, 2.45) is 0 Å². The van der Waals surface area contributed by atoms with Crippen LogP contribution in [0, 0.1) is 0 Å². The van der Waals surface area contributed by atoms with E-state index in [2.05, 4.69) is 18.7 Å². The highest BCUT2D eigenvalue weighted by Gasteiger charge is 2.29. The number of nitrogens with zero attached hydrogens (tertiary/aromatic N) is 1. The van der Waals surface area contributed by atoms with Gasteiger partial charge in [0.1, 0.15) is 19.3 Å². The molecular formula is C16H21NO4. The Labute approximate surface area is 124 Å². The van der Waals surface area contributed by atoms with Gasteiger partial charge in [0.25, 0.3) is 0 Å². The van der Waals surface area contributed by atoms with Crippen LogP contribution in [0.25, 0.3) is 0 Å². The molecule has 2 aliphatic heterocycles. The van der Waals surface area contributed by atoms with Crippen LogP contribution in [0.2, 0.25) is 0 Å². The number of hydrogen-bond acceptors (Lipinski definition) is 5. The normalized spacial score (nSPS) is 22.3. The zero-order valence-corrected chi connectivity index (χ0v) is 12.5. The quantitative estimate of drug-likeness (QED) is 0.794. The molecule has 5 heteroatoms. The molecule has 1 atom stereocenters. The third-order valence-electron chi connectivity index (χ3n) is 3.95. The van der Waals surface area contributed by atoms with Crippen molar-refractivity contribution in [3.63, 3.8) is 0 Å². The molecular weight excluding hydrogens is 270 g/mol. The van der Waals surface area contributed by atoms with Gasteiger partial charge in [-0.3, -0.25) is 9.69 Å². The Morgan fingerprint density at radius 2 is 1.95 bits per heavy atom. The highest BCUT2D eigenvalue weighted by molar-refractivity contribution is 6.00. The summed E-state index contributed by atoms with van der Waals surface area (Å²) in [4.78, 5) is 14.9. The number of rotatable bonds is 3. The minimum absolute atomic E-state index is 0.0114. The first-order chi connectivity index (χ1) is 10.1. The molecule has 2 heterocycles. The smallest absolute Gasteiger partial charge is 0.193 e. The Bertz CT molecular complexity index is 529. The maximum atomic E-state index is 12.6. The lowest BCUT2D eigenvalue weighted by Gasteiger charge is -2.34. The van der Waals surface area contributed by atoms with Crippen LogP contribution in [0.5, 0.6) is 11.5 Å².